The van der Waals surface area contributed by atoms with Gasteiger partial charge < -0.3 is 16.0 Å². The maximum atomic E-state index is 13.6. The molecule has 0 aliphatic heterocycles. The van der Waals surface area contributed by atoms with E-state index in [1.165, 1.54) is 6.07 Å². The van der Waals surface area contributed by atoms with Crippen LogP contribution in [0.2, 0.25) is 0 Å². The van der Waals surface area contributed by atoms with Gasteiger partial charge in [0.25, 0.3) is 0 Å². The summed E-state index contributed by atoms with van der Waals surface area (Å²) in [6.45, 7) is 3.77. The number of benzene rings is 3. The highest BCUT2D eigenvalue weighted by Gasteiger charge is 2.36. The average Bonchev–Trinajstić information content (AvgIpc) is 3.43. The first-order valence-electron chi connectivity index (χ1n) is 11.5. The van der Waals surface area contributed by atoms with E-state index in [9.17, 15) is 13.2 Å². The van der Waals surface area contributed by atoms with E-state index in [1.807, 2.05) is 6.07 Å². The van der Waals surface area contributed by atoms with Crippen molar-refractivity contribution in [2.75, 3.05) is 5.32 Å². The average molecular weight is 534 g/mol. The van der Waals surface area contributed by atoms with Crippen LogP contribution in [0.25, 0.3) is 11.1 Å². The molecule has 0 aliphatic carbocycles. The number of urea groups is 1. The lowest BCUT2D eigenvalue weighted by atomic mass is 10.0. The Hall–Kier alpha value is -4.62. The predicted molar refractivity (Wildman–Crippen MR) is 142 cm³/mol. The fourth-order valence-electron chi connectivity index (χ4n) is 3.97. The summed E-state index contributed by atoms with van der Waals surface area (Å²) in [6, 6.07) is 19.8. The number of aromatic nitrogens is 4. The van der Waals surface area contributed by atoms with Gasteiger partial charge in [0.05, 0.1) is 4.90 Å². The predicted octanol–water partition coefficient (Wildman–Crippen LogP) is 2.77. The zero-order valence-corrected chi connectivity index (χ0v) is 21.5. The molecule has 4 rings (SSSR count). The molecule has 0 saturated heterocycles. The van der Waals surface area contributed by atoms with E-state index < -0.39 is 21.6 Å². The van der Waals surface area contributed by atoms with Gasteiger partial charge in [0.15, 0.2) is 5.82 Å². The Bertz CT molecular complexity index is 1570. The number of rotatable bonds is 8. The van der Waals surface area contributed by atoms with Crippen LogP contribution >= 0.6 is 0 Å². The van der Waals surface area contributed by atoms with Gasteiger partial charge in [-0.3, -0.25) is 5.41 Å². The third kappa shape index (κ3) is 5.68. The molecule has 0 bridgehead atoms. The van der Waals surface area contributed by atoms with Crippen LogP contribution in [-0.2, 0) is 22.1 Å². The van der Waals surface area contributed by atoms with E-state index in [0.717, 1.165) is 5.56 Å². The van der Waals surface area contributed by atoms with Crippen molar-refractivity contribution in [2.24, 2.45) is 10.9 Å². The number of anilines is 1. The number of aromatic amines is 1. The fourth-order valence-corrected chi connectivity index (χ4v) is 4.73. The smallest absolute Gasteiger partial charge is 0.322 e. The number of tetrazole rings is 1. The zero-order valence-electron chi connectivity index (χ0n) is 20.7. The maximum absolute atomic E-state index is 13.6. The second-order valence-corrected chi connectivity index (χ2v) is 10.6. The number of hydrogen-bond donors (Lipinski definition) is 5. The minimum Gasteiger partial charge on any atom is -0.384 e. The number of primary sulfonamides is 1. The van der Waals surface area contributed by atoms with Crippen molar-refractivity contribution in [3.8, 4) is 11.1 Å². The summed E-state index contributed by atoms with van der Waals surface area (Å²) in [5, 5.41) is 30.0. The lowest BCUT2D eigenvalue weighted by Gasteiger charge is -2.36. The Labute approximate surface area is 219 Å². The Balaban J connectivity index is 1.62. The van der Waals surface area contributed by atoms with E-state index in [1.54, 1.807) is 79.4 Å². The molecule has 13 heteroatoms. The Morgan fingerprint density at radius 1 is 1.08 bits per heavy atom. The van der Waals surface area contributed by atoms with Crippen molar-refractivity contribution in [1.29, 1.82) is 5.41 Å². The fraction of sp³-hybridized carbons (Fsp3) is 0.160. The first-order chi connectivity index (χ1) is 18.0. The molecule has 38 heavy (non-hydrogen) atoms. The van der Waals surface area contributed by atoms with Crippen LogP contribution in [0.4, 0.5) is 10.5 Å². The molecule has 3 aromatic carbocycles. The number of sulfonamides is 1. The van der Waals surface area contributed by atoms with Gasteiger partial charge in [-0.15, -0.1) is 5.10 Å². The molecule has 2 amide bonds. The lowest BCUT2D eigenvalue weighted by Crippen LogP contribution is -2.47. The lowest BCUT2D eigenvalue weighted by molar-refractivity contribution is 0.133. The summed E-state index contributed by atoms with van der Waals surface area (Å²) in [7, 11) is -3.91. The van der Waals surface area contributed by atoms with Gasteiger partial charge in [-0.05, 0) is 59.7 Å². The number of nitrogens with two attached hydrogens (primary N) is 2. The van der Waals surface area contributed by atoms with Gasteiger partial charge in [0.1, 0.15) is 11.4 Å². The molecule has 0 spiro atoms. The molecule has 0 aliphatic rings. The van der Waals surface area contributed by atoms with E-state index in [4.69, 9.17) is 16.3 Å². The number of amidine groups is 1. The zero-order chi connectivity index (χ0) is 27.5. The number of hydrogen-bond acceptors (Lipinski definition) is 7. The highest BCUT2D eigenvalue weighted by molar-refractivity contribution is 7.89. The summed E-state index contributed by atoms with van der Waals surface area (Å²) < 4.78 is 24.0. The van der Waals surface area contributed by atoms with Crippen molar-refractivity contribution in [3.63, 3.8) is 0 Å². The normalized spacial score (nSPS) is 11.7. The highest BCUT2D eigenvalue weighted by Crippen LogP contribution is 2.30. The third-order valence-corrected chi connectivity index (χ3v) is 7.03. The van der Waals surface area contributed by atoms with Crippen molar-refractivity contribution < 1.29 is 13.2 Å². The van der Waals surface area contributed by atoms with E-state index >= 15 is 0 Å². The summed E-state index contributed by atoms with van der Waals surface area (Å²) in [4.78, 5) is 15.2. The third-order valence-electron chi connectivity index (χ3n) is 6.06. The summed E-state index contributed by atoms with van der Waals surface area (Å²) in [5.41, 5.74) is 7.55. The summed E-state index contributed by atoms with van der Waals surface area (Å²) in [5.74, 6) is 0.302. The molecule has 0 atom stereocenters. The van der Waals surface area contributed by atoms with E-state index in [0.29, 0.717) is 28.2 Å². The monoisotopic (exact) mass is 533 g/mol. The van der Waals surface area contributed by atoms with Gasteiger partial charge in [0, 0.05) is 23.4 Å². The largest absolute Gasteiger partial charge is 0.384 e. The molecular formula is C25H27N9O3S. The molecule has 0 unspecified atom stereocenters. The number of carbonyl (C=O) groups is 1. The molecule has 7 N–H and O–H groups in total. The van der Waals surface area contributed by atoms with Crippen molar-refractivity contribution in [1.82, 2.24) is 25.5 Å². The van der Waals surface area contributed by atoms with Gasteiger partial charge in [0.2, 0.25) is 10.0 Å². The van der Waals surface area contributed by atoms with Crippen LogP contribution in [0.3, 0.4) is 0 Å². The quantitative estimate of drug-likeness (QED) is 0.169. The molecule has 0 radical (unpaired) electrons. The number of carbonyl (C=O) groups excluding carboxylic acids is 1. The van der Waals surface area contributed by atoms with E-state index in [2.05, 4.69) is 25.9 Å². The van der Waals surface area contributed by atoms with E-state index in [-0.39, 0.29) is 17.3 Å². The number of nitrogen functional groups attached to an aromatic ring is 1. The molecule has 0 saturated carbocycles. The second kappa shape index (κ2) is 10.4. The van der Waals surface area contributed by atoms with Crippen molar-refractivity contribution in [2.45, 2.75) is 30.8 Å². The first kappa shape index (κ1) is 26.4. The number of nitrogens with one attached hydrogen (secondary N) is 3. The molecule has 1 heterocycles. The number of nitrogens with zero attached hydrogens (tertiary/aromatic N) is 4. The minimum absolute atomic E-state index is 0.0122. The molecular weight excluding hydrogens is 506 g/mol. The summed E-state index contributed by atoms with van der Waals surface area (Å²) >= 11 is 0. The van der Waals surface area contributed by atoms with Crippen LogP contribution in [-0.4, -0.2) is 45.8 Å². The Kier molecular flexibility index (Phi) is 7.23. The highest BCUT2D eigenvalue weighted by atomic mass is 32.2. The van der Waals surface area contributed by atoms with Crippen molar-refractivity contribution in [3.05, 3.63) is 89.7 Å². The molecule has 196 valence electrons. The Morgan fingerprint density at radius 3 is 2.42 bits per heavy atom. The van der Waals surface area contributed by atoms with Crippen LogP contribution < -0.4 is 16.2 Å². The number of amides is 2. The van der Waals surface area contributed by atoms with Gasteiger partial charge in [-0.1, -0.05) is 48.5 Å². The van der Waals surface area contributed by atoms with Crippen LogP contribution in [0, 0.1) is 5.41 Å². The molecule has 1 aromatic heterocycles. The number of H-pyrrole nitrogens is 1. The van der Waals surface area contributed by atoms with Crippen LogP contribution in [0.1, 0.15) is 30.8 Å². The molecule has 0 fully saturated rings. The SMILES string of the molecule is CC(C)(c1nnn[nH]1)N(Cc1cccc(C(=N)N)c1)C(=O)Nc1ccc(-c2ccccc2S(N)(=O)=O)cc1. The minimum atomic E-state index is -3.91. The van der Waals surface area contributed by atoms with Crippen LogP contribution in [0.15, 0.2) is 77.7 Å². The topological polar surface area (TPSA) is 197 Å². The van der Waals surface area contributed by atoms with Crippen molar-refractivity contribution >= 4 is 27.6 Å². The summed E-state index contributed by atoms with van der Waals surface area (Å²) in [6.07, 6.45) is 0. The van der Waals surface area contributed by atoms with Gasteiger partial charge in [-0.25, -0.2) is 23.4 Å². The van der Waals surface area contributed by atoms with Gasteiger partial charge >= 0.3 is 6.03 Å². The Morgan fingerprint density at radius 2 is 1.79 bits per heavy atom. The standard InChI is InChI=1S/C25H27N9O3S/c1-25(2,23-30-32-33-31-23)34(15-16-6-5-7-18(14-16)22(26)27)24(35)29-19-12-10-17(11-13-19)20-8-3-4-9-21(20)38(28,36)37/h3-14H,15H2,1-2H3,(H3,26,27)(H,29,35)(H2,28,36,37)(H,30,31,32,33). The second-order valence-electron chi connectivity index (χ2n) is 9.06. The maximum Gasteiger partial charge on any atom is 0.322 e. The van der Waals surface area contributed by atoms with Gasteiger partial charge in [-0.2, -0.15) is 0 Å². The molecule has 12 nitrogen and oxygen atoms in total. The first-order valence-corrected chi connectivity index (χ1v) is 13.0. The molecule has 4 aromatic rings. The van der Waals surface area contributed by atoms with Crippen LogP contribution in [0.5, 0.6) is 0 Å².